The molecule has 0 spiro atoms. The minimum Gasteiger partial charge on any atom is -0.383 e. The van der Waals surface area contributed by atoms with Crippen LogP contribution in [0.4, 0.5) is 4.39 Å². The van der Waals surface area contributed by atoms with Gasteiger partial charge < -0.3 is 5.11 Å². The molecule has 0 aliphatic heterocycles. The van der Waals surface area contributed by atoms with E-state index in [1.165, 1.54) is 26.0 Å². The van der Waals surface area contributed by atoms with Crippen molar-refractivity contribution in [1.82, 2.24) is 0 Å². The van der Waals surface area contributed by atoms with Crippen molar-refractivity contribution in [3.05, 3.63) is 34.1 Å². The van der Waals surface area contributed by atoms with E-state index in [2.05, 4.69) is 15.9 Å². The Bertz CT molecular complexity index is 383. The van der Waals surface area contributed by atoms with Gasteiger partial charge in [0.2, 0.25) is 0 Å². The maximum atomic E-state index is 12.9. The van der Waals surface area contributed by atoms with Crippen LogP contribution >= 0.6 is 15.9 Å². The van der Waals surface area contributed by atoms with Crippen LogP contribution in [0.2, 0.25) is 0 Å². The van der Waals surface area contributed by atoms with Crippen LogP contribution in [-0.4, -0.2) is 16.5 Å². The van der Waals surface area contributed by atoms with Crippen LogP contribution in [0.5, 0.6) is 0 Å². The molecule has 0 saturated heterocycles. The molecule has 0 saturated carbocycles. The first kappa shape index (κ1) is 12.3. The Morgan fingerprint density at radius 1 is 1.53 bits per heavy atom. The first-order valence-corrected chi connectivity index (χ1v) is 5.29. The molecule has 0 aliphatic carbocycles. The Morgan fingerprint density at radius 2 is 2.13 bits per heavy atom. The van der Waals surface area contributed by atoms with Crippen LogP contribution in [0, 0.1) is 5.82 Å². The fourth-order valence-corrected chi connectivity index (χ4v) is 1.48. The maximum Gasteiger partial charge on any atom is 0.168 e. The van der Waals surface area contributed by atoms with Crippen LogP contribution in [0.25, 0.3) is 0 Å². The summed E-state index contributed by atoms with van der Waals surface area (Å²) >= 11 is 3.04. The summed E-state index contributed by atoms with van der Waals surface area (Å²) in [6, 6.07) is 4.36. The second-order valence-corrected chi connectivity index (χ2v) is 4.76. The number of carbonyl (C=O) groups excluding carboxylic acids is 1. The molecule has 0 atom stereocenters. The second-order valence-electron chi connectivity index (χ2n) is 3.91. The second kappa shape index (κ2) is 4.41. The third-order valence-corrected chi connectivity index (χ3v) is 2.64. The van der Waals surface area contributed by atoms with Crippen LogP contribution in [-0.2, 0) is 11.2 Å². The molecule has 1 aromatic carbocycles. The molecule has 0 unspecified atom stereocenters. The summed E-state index contributed by atoms with van der Waals surface area (Å²) in [6.07, 6.45) is 0.0996. The zero-order valence-electron chi connectivity index (χ0n) is 8.55. The van der Waals surface area contributed by atoms with Gasteiger partial charge in [-0.25, -0.2) is 4.39 Å². The summed E-state index contributed by atoms with van der Waals surface area (Å²) in [5, 5.41) is 9.44. The van der Waals surface area contributed by atoms with Crippen LogP contribution in [0.3, 0.4) is 0 Å². The highest BCUT2D eigenvalue weighted by Gasteiger charge is 2.23. The third-order valence-electron chi connectivity index (χ3n) is 2.03. The van der Waals surface area contributed by atoms with Gasteiger partial charge in [-0.2, -0.15) is 0 Å². The van der Waals surface area contributed by atoms with Gasteiger partial charge in [0.05, 0.1) is 4.47 Å². The summed E-state index contributed by atoms with van der Waals surface area (Å²) in [4.78, 5) is 11.5. The Balaban J connectivity index is 2.83. The van der Waals surface area contributed by atoms with E-state index in [4.69, 9.17) is 0 Å². The zero-order valence-corrected chi connectivity index (χ0v) is 10.1. The molecule has 0 radical (unpaired) electrons. The van der Waals surface area contributed by atoms with Gasteiger partial charge in [-0.15, -0.1) is 0 Å². The van der Waals surface area contributed by atoms with E-state index in [0.29, 0.717) is 10.0 Å². The molecule has 2 nitrogen and oxygen atoms in total. The molecule has 0 bridgehead atoms. The van der Waals surface area contributed by atoms with E-state index in [9.17, 15) is 14.3 Å². The zero-order chi connectivity index (χ0) is 11.6. The summed E-state index contributed by atoms with van der Waals surface area (Å²) in [6.45, 7) is 2.88. The van der Waals surface area contributed by atoms with Gasteiger partial charge in [0.25, 0.3) is 0 Å². The Morgan fingerprint density at radius 3 is 2.60 bits per heavy atom. The summed E-state index contributed by atoms with van der Waals surface area (Å²) < 4.78 is 13.2. The lowest BCUT2D eigenvalue weighted by Gasteiger charge is -2.15. The van der Waals surface area contributed by atoms with Crippen molar-refractivity contribution >= 4 is 21.7 Å². The molecule has 0 aliphatic rings. The Kier molecular flexibility index (Phi) is 3.62. The number of benzene rings is 1. The quantitative estimate of drug-likeness (QED) is 0.920. The lowest BCUT2D eigenvalue weighted by atomic mass is 9.97. The van der Waals surface area contributed by atoms with Gasteiger partial charge >= 0.3 is 0 Å². The van der Waals surface area contributed by atoms with Gasteiger partial charge in [0, 0.05) is 6.42 Å². The standard InChI is InChI=1S/C11H12BrFO2/c1-11(2,15)10(14)6-7-3-4-9(13)8(12)5-7/h3-5,15H,6H2,1-2H3. The number of carbonyl (C=O) groups is 1. The Hall–Kier alpha value is -0.740. The SMILES string of the molecule is CC(C)(O)C(=O)Cc1ccc(F)c(Br)c1. The molecule has 0 heterocycles. The molecule has 1 N–H and O–H groups in total. The molecule has 4 heteroatoms. The monoisotopic (exact) mass is 274 g/mol. The maximum absolute atomic E-state index is 12.9. The molecular formula is C11H12BrFO2. The minimum absolute atomic E-state index is 0.0996. The number of rotatable bonds is 3. The van der Waals surface area contributed by atoms with E-state index < -0.39 is 5.60 Å². The van der Waals surface area contributed by atoms with Gasteiger partial charge in [-0.05, 0) is 47.5 Å². The molecule has 0 amide bonds. The van der Waals surface area contributed by atoms with E-state index in [1.807, 2.05) is 0 Å². The predicted molar refractivity (Wildman–Crippen MR) is 59.1 cm³/mol. The van der Waals surface area contributed by atoms with E-state index in [0.717, 1.165) is 0 Å². The van der Waals surface area contributed by atoms with Crippen molar-refractivity contribution < 1.29 is 14.3 Å². The van der Waals surface area contributed by atoms with Gasteiger partial charge in [-0.3, -0.25) is 4.79 Å². The van der Waals surface area contributed by atoms with Crippen LogP contribution in [0.15, 0.2) is 22.7 Å². The van der Waals surface area contributed by atoms with Crippen molar-refractivity contribution in [1.29, 1.82) is 0 Å². The highest BCUT2D eigenvalue weighted by atomic mass is 79.9. The molecule has 82 valence electrons. The summed E-state index contributed by atoms with van der Waals surface area (Å²) in [5.74, 6) is -0.657. The third kappa shape index (κ3) is 3.39. The summed E-state index contributed by atoms with van der Waals surface area (Å²) in [7, 11) is 0. The van der Waals surface area contributed by atoms with Gasteiger partial charge in [0.1, 0.15) is 11.4 Å². The number of halogens is 2. The molecular weight excluding hydrogens is 263 g/mol. The normalized spacial score (nSPS) is 11.5. The fourth-order valence-electron chi connectivity index (χ4n) is 1.05. The Labute approximate surface area is 96.2 Å². The van der Waals surface area contributed by atoms with Crippen molar-refractivity contribution in [2.24, 2.45) is 0 Å². The largest absolute Gasteiger partial charge is 0.383 e. The summed E-state index contributed by atoms with van der Waals surface area (Å²) in [5.41, 5.74) is -0.670. The fraction of sp³-hybridized carbons (Fsp3) is 0.364. The number of hydrogen-bond acceptors (Lipinski definition) is 2. The van der Waals surface area contributed by atoms with E-state index in [1.54, 1.807) is 6.07 Å². The average Bonchev–Trinajstić information content (AvgIpc) is 2.10. The topological polar surface area (TPSA) is 37.3 Å². The number of Topliss-reactive ketones (excluding diaryl/α,β-unsaturated/α-hetero) is 1. The van der Waals surface area contributed by atoms with Crippen LogP contribution in [0.1, 0.15) is 19.4 Å². The number of hydrogen-bond donors (Lipinski definition) is 1. The van der Waals surface area contributed by atoms with Crippen molar-refractivity contribution in [2.45, 2.75) is 25.9 Å². The van der Waals surface area contributed by atoms with Gasteiger partial charge in [0.15, 0.2) is 5.78 Å². The number of aliphatic hydroxyl groups is 1. The van der Waals surface area contributed by atoms with E-state index in [-0.39, 0.29) is 18.0 Å². The van der Waals surface area contributed by atoms with Crippen molar-refractivity contribution in [3.63, 3.8) is 0 Å². The molecule has 1 aromatic rings. The molecule has 15 heavy (non-hydrogen) atoms. The van der Waals surface area contributed by atoms with Gasteiger partial charge in [-0.1, -0.05) is 6.07 Å². The molecule has 0 aromatic heterocycles. The average molecular weight is 275 g/mol. The highest BCUT2D eigenvalue weighted by molar-refractivity contribution is 9.10. The lowest BCUT2D eigenvalue weighted by molar-refractivity contribution is -0.133. The smallest absolute Gasteiger partial charge is 0.168 e. The number of ketones is 1. The van der Waals surface area contributed by atoms with Crippen molar-refractivity contribution in [2.75, 3.05) is 0 Å². The van der Waals surface area contributed by atoms with Crippen molar-refractivity contribution in [3.8, 4) is 0 Å². The van der Waals surface area contributed by atoms with Crippen LogP contribution < -0.4 is 0 Å². The highest BCUT2D eigenvalue weighted by Crippen LogP contribution is 2.18. The molecule has 1 rings (SSSR count). The lowest BCUT2D eigenvalue weighted by Crippen LogP contribution is -2.32. The predicted octanol–water partition coefficient (Wildman–Crippen LogP) is 2.47. The molecule has 0 fully saturated rings. The van der Waals surface area contributed by atoms with E-state index >= 15 is 0 Å². The first-order valence-electron chi connectivity index (χ1n) is 4.50. The minimum atomic E-state index is -1.35. The first-order chi connectivity index (χ1) is 6.80.